The second-order valence-corrected chi connectivity index (χ2v) is 8.92. The van der Waals surface area contributed by atoms with Gasteiger partial charge in [-0.1, -0.05) is 18.3 Å². The van der Waals surface area contributed by atoms with E-state index in [0.29, 0.717) is 5.75 Å². The lowest BCUT2D eigenvalue weighted by atomic mass is 10.2. The number of aliphatic carboxylic acids is 1. The van der Waals surface area contributed by atoms with Crippen molar-refractivity contribution in [1.82, 2.24) is 0 Å². The van der Waals surface area contributed by atoms with Crippen LogP contribution in [0.2, 0.25) is 0 Å². The van der Waals surface area contributed by atoms with Crippen LogP contribution in [0.4, 0.5) is 0 Å². The molecule has 1 unspecified atom stereocenters. The highest BCUT2D eigenvalue weighted by Crippen LogP contribution is 2.60. The van der Waals surface area contributed by atoms with Gasteiger partial charge in [0.25, 0.3) is 0 Å². The van der Waals surface area contributed by atoms with Gasteiger partial charge in [0.15, 0.2) is 0 Å². The summed E-state index contributed by atoms with van der Waals surface area (Å²) in [5, 5.41) is 8.61. The van der Waals surface area contributed by atoms with Crippen molar-refractivity contribution in [2.45, 2.75) is 6.92 Å². The molecule has 0 aliphatic heterocycles. The molecule has 0 aliphatic rings. The molecule has 0 saturated heterocycles. The molecule has 78 valence electrons. The second kappa shape index (κ2) is 5.98. The Balaban J connectivity index is 4.00. The van der Waals surface area contributed by atoms with E-state index < -0.39 is 17.6 Å². The number of hydrogen-bond donors (Lipinski definition) is 1. The lowest BCUT2D eigenvalue weighted by Crippen LogP contribution is -2.11. The van der Waals surface area contributed by atoms with E-state index in [9.17, 15) is 4.79 Å². The minimum absolute atomic E-state index is 0.411. The maximum absolute atomic E-state index is 10.5. The minimum Gasteiger partial charge on any atom is -0.481 e. The monoisotopic (exact) mass is 244 g/mol. The summed E-state index contributed by atoms with van der Waals surface area (Å²) >= 11 is 6.31. The van der Waals surface area contributed by atoms with E-state index in [1.54, 1.807) is 6.92 Å². The standard InChI is InChI=1S/C6H13O4PS2/c1-5(6(7)8)4-13-11(12,9-2)10-3/h5H,4H2,1-3H3,(H,7,8). The van der Waals surface area contributed by atoms with Crippen molar-refractivity contribution < 1.29 is 18.9 Å². The molecule has 0 spiro atoms. The van der Waals surface area contributed by atoms with E-state index in [0.717, 1.165) is 0 Å². The van der Waals surface area contributed by atoms with Gasteiger partial charge in [-0.3, -0.25) is 4.79 Å². The number of carboxylic acids is 1. The summed E-state index contributed by atoms with van der Waals surface area (Å²) in [6, 6.07) is 0. The van der Waals surface area contributed by atoms with Gasteiger partial charge in [-0.25, -0.2) is 0 Å². The molecule has 0 heterocycles. The predicted octanol–water partition coefficient (Wildman–Crippen LogP) is 1.96. The van der Waals surface area contributed by atoms with Crippen LogP contribution in [0.3, 0.4) is 0 Å². The maximum atomic E-state index is 10.5. The molecular weight excluding hydrogens is 231 g/mol. The van der Waals surface area contributed by atoms with E-state index in [4.69, 9.17) is 26.0 Å². The molecule has 0 radical (unpaired) electrons. The van der Waals surface area contributed by atoms with Crippen LogP contribution in [0.15, 0.2) is 0 Å². The van der Waals surface area contributed by atoms with Gasteiger partial charge < -0.3 is 14.2 Å². The SMILES string of the molecule is COP(=S)(OC)SCC(C)C(=O)O. The summed E-state index contributed by atoms with van der Waals surface area (Å²) < 4.78 is 9.98. The highest BCUT2D eigenvalue weighted by Gasteiger charge is 2.20. The Hall–Kier alpha value is 0.390. The van der Waals surface area contributed by atoms with E-state index >= 15 is 0 Å². The zero-order valence-corrected chi connectivity index (χ0v) is 10.2. The van der Waals surface area contributed by atoms with E-state index in [2.05, 4.69) is 0 Å². The van der Waals surface area contributed by atoms with Crippen molar-refractivity contribution >= 4 is 34.9 Å². The number of carbonyl (C=O) groups is 1. The normalized spacial score (nSPS) is 14.1. The fourth-order valence-electron chi connectivity index (χ4n) is 0.454. The van der Waals surface area contributed by atoms with Gasteiger partial charge in [-0.15, -0.1) is 0 Å². The van der Waals surface area contributed by atoms with Gasteiger partial charge in [0.05, 0.1) is 5.92 Å². The first kappa shape index (κ1) is 13.4. The quantitative estimate of drug-likeness (QED) is 0.721. The average molecular weight is 244 g/mol. The van der Waals surface area contributed by atoms with Gasteiger partial charge in [-0.2, -0.15) is 0 Å². The molecule has 0 rings (SSSR count). The van der Waals surface area contributed by atoms with E-state index in [1.165, 1.54) is 25.6 Å². The molecule has 0 aromatic heterocycles. The largest absolute Gasteiger partial charge is 0.481 e. The lowest BCUT2D eigenvalue weighted by Gasteiger charge is -2.17. The van der Waals surface area contributed by atoms with Crippen LogP contribution < -0.4 is 0 Å². The van der Waals surface area contributed by atoms with Crippen molar-refractivity contribution in [2.24, 2.45) is 5.92 Å². The van der Waals surface area contributed by atoms with Crippen molar-refractivity contribution in [3.8, 4) is 0 Å². The van der Waals surface area contributed by atoms with Crippen LogP contribution in [0.25, 0.3) is 0 Å². The third kappa shape index (κ3) is 4.98. The first-order valence-electron chi connectivity index (χ1n) is 3.54. The van der Waals surface area contributed by atoms with E-state index in [1.807, 2.05) is 0 Å². The zero-order valence-electron chi connectivity index (χ0n) is 7.72. The van der Waals surface area contributed by atoms with Gasteiger partial charge in [0.2, 0.25) is 5.69 Å². The number of hydrogen-bond acceptors (Lipinski definition) is 5. The Labute approximate surface area is 86.9 Å². The Bertz CT molecular complexity index is 213. The predicted molar refractivity (Wildman–Crippen MR) is 57.6 cm³/mol. The van der Waals surface area contributed by atoms with Crippen LogP contribution in [0.5, 0.6) is 0 Å². The Morgan fingerprint density at radius 2 is 2.08 bits per heavy atom. The van der Waals surface area contributed by atoms with Crippen molar-refractivity contribution in [3.05, 3.63) is 0 Å². The second-order valence-electron chi connectivity index (χ2n) is 2.35. The van der Waals surface area contributed by atoms with Crippen LogP contribution in [-0.4, -0.2) is 31.0 Å². The van der Waals surface area contributed by atoms with Crippen LogP contribution >= 0.6 is 17.1 Å². The third-order valence-corrected chi connectivity index (χ3v) is 7.34. The molecule has 4 nitrogen and oxygen atoms in total. The molecule has 0 saturated carbocycles. The summed E-state index contributed by atoms with van der Waals surface area (Å²) in [4.78, 5) is 10.5. The first-order valence-corrected chi connectivity index (χ1v) is 7.77. The highest BCUT2D eigenvalue weighted by molar-refractivity contribution is 8.67. The van der Waals surface area contributed by atoms with Gasteiger partial charge in [-0.05, 0) is 11.8 Å². The lowest BCUT2D eigenvalue weighted by molar-refractivity contribution is -0.140. The summed E-state index contributed by atoms with van der Waals surface area (Å²) in [5.74, 6) is -0.854. The summed E-state index contributed by atoms with van der Waals surface area (Å²) in [6.45, 7) is 1.63. The van der Waals surface area contributed by atoms with Crippen molar-refractivity contribution in [2.75, 3.05) is 20.0 Å². The van der Waals surface area contributed by atoms with Gasteiger partial charge >= 0.3 is 5.97 Å². The molecule has 1 atom stereocenters. The molecular formula is C6H13O4PS2. The highest BCUT2D eigenvalue weighted by atomic mass is 32.9. The average Bonchev–Trinajstić information content (AvgIpc) is 2.13. The third-order valence-electron chi connectivity index (χ3n) is 1.35. The molecule has 0 amide bonds. The van der Waals surface area contributed by atoms with Gasteiger partial charge in [0, 0.05) is 20.0 Å². The number of carboxylic acid groups (broad SMARTS) is 1. The van der Waals surface area contributed by atoms with Crippen molar-refractivity contribution in [3.63, 3.8) is 0 Å². The molecule has 0 aromatic rings. The Kier molecular flexibility index (Phi) is 6.16. The Morgan fingerprint density at radius 1 is 1.62 bits per heavy atom. The minimum atomic E-state index is -2.29. The Morgan fingerprint density at radius 3 is 2.38 bits per heavy atom. The molecule has 0 fully saturated rings. The van der Waals surface area contributed by atoms with E-state index in [-0.39, 0.29) is 0 Å². The van der Waals surface area contributed by atoms with Crippen molar-refractivity contribution in [1.29, 1.82) is 0 Å². The maximum Gasteiger partial charge on any atom is 0.307 e. The fraction of sp³-hybridized carbons (Fsp3) is 0.833. The van der Waals surface area contributed by atoms with Crippen LogP contribution in [0.1, 0.15) is 6.92 Å². The smallest absolute Gasteiger partial charge is 0.307 e. The summed E-state index contributed by atoms with van der Waals surface area (Å²) in [5.41, 5.74) is -2.29. The zero-order chi connectivity index (χ0) is 10.5. The molecule has 13 heavy (non-hydrogen) atoms. The first-order chi connectivity index (χ1) is 5.95. The molecule has 0 aliphatic carbocycles. The van der Waals surface area contributed by atoms with Crippen LogP contribution in [-0.2, 0) is 25.6 Å². The van der Waals surface area contributed by atoms with Crippen LogP contribution in [0, 0.1) is 5.92 Å². The topological polar surface area (TPSA) is 55.8 Å². The fourth-order valence-corrected chi connectivity index (χ4v) is 3.76. The molecule has 1 N–H and O–H groups in total. The summed E-state index contributed by atoms with van der Waals surface area (Å²) in [7, 11) is 2.95. The summed E-state index contributed by atoms with van der Waals surface area (Å²) in [6.07, 6.45) is 0. The molecule has 0 aromatic carbocycles. The molecule has 7 heteroatoms. The number of rotatable bonds is 6. The van der Waals surface area contributed by atoms with Gasteiger partial charge in [0.1, 0.15) is 0 Å². The molecule has 0 bridgehead atoms.